The Morgan fingerprint density at radius 2 is 1.92 bits per heavy atom. The molecular weight excluding hydrogens is 503 g/mol. The maximum absolute atomic E-state index is 13.7. The van der Waals surface area contributed by atoms with Crippen LogP contribution in [0, 0.1) is 11.7 Å². The number of carbonyl (C=O) groups is 4. The number of nitrogens with one attached hydrogen (secondary N) is 2. The monoisotopic (exact) mass is 536 g/mol. The van der Waals surface area contributed by atoms with Crippen LogP contribution in [0.1, 0.15) is 56.2 Å². The van der Waals surface area contributed by atoms with Crippen molar-refractivity contribution in [3.8, 4) is 0 Å². The minimum Gasteiger partial charge on any atom is -0.427 e. The number of hydrogen-bond acceptors (Lipinski definition) is 5. The average molecular weight is 537 g/mol. The van der Waals surface area contributed by atoms with Crippen molar-refractivity contribution in [1.82, 2.24) is 15.1 Å². The Labute approximate surface area is 226 Å². The summed E-state index contributed by atoms with van der Waals surface area (Å²) in [4.78, 5) is 54.8. The molecule has 2 aromatic carbocycles. The molecule has 206 valence electrons. The number of imide groups is 1. The normalized spacial score (nSPS) is 23.6. The highest BCUT2D eigenvalue weighted by Crippen LogP contribution is 2.46. The Morgan fingerprint density at radius 1 is 1.15 bits per heavy atom. The van der Waals surface area contributed by atoms with Crippen molar-refractivity contribution >= 4 is 29.6 Å². The van der Waals surface area contributed by atoms with Gasteiger partial charge in [0, 0.05) is 36.8 Å². The van der Waals surface area contributed by atoms with Crippen molar-refractivity contribution in [2.75, 3.05) is 18.4 Å². The van der Waals surface area contributed by atoms with Crippen molar-refractivity contribution in [3.05, 3.63) is 65.0 Å². The molecule has 9 nitrogen and oxygen atoms in total. The zero-order valence-electron chi connectivity index (χ0n) is 22.2. The summed E-state index contributed by atoms with van der Waals surface area (Å²) in [7, 11) is 0. The first-order valence-corrected chi connectivity index (χ1v) is 13.5. The van der Waals surface area contributed by atoms with Gasteiger partial charge in [0.05, 0.1) is 0 Å². The predicted molar refractivity (Wildman–Crippen MR) is 141 cm³/mol. The van der Waals surface area contributed by atoms with Crippen LogP contribution in [0.3, 0.4) is 0 Å². The van der Waals surface area contributed by atoms with E-state index in [1.165, 1.54) is 12.1 Å². The lowest BCUT2D eigenvalue weighted by atomic mass is 9.94. The minimum atomic E-state index is -1.47. The Morgan fingerprint density at radius 3 is 2.62 bits per heavy atom. The van der Waals surface area contributed by atoms with Crippen LogP contribution in [0.25, 0.3) is 0 Å². The van der Waals surface area contributed by atoms with E-state index >= 15 is 0 Å². The van der Waals surface area contributed by atoms with Gasteiger partial charge in [0.1, 0.15) is 12.4 Å². The molecule has 2 fully saturated rings. The van der Waals surface area contributed by atoms with E-state index in [2.05, 4.69) is 17.6 Å². The zero-order valence-corrected chi connectivity index (χ0v) is 22.2. The Kier molecular flexibility index (Phi) is 7.29. The van der Waals surface area contributed by atoms with Crippen molar-refractivity contribution in [2.24, 2.45) is 5.92 Å². The molecule has 3 unspecified atom stereocenters. The summed E-state index contributed by atoms with van der Waals surface area (Å²) < 4.78 is 19.2. The Balaban J connectivity index is 1.34. The molecule has 1 heterocycles. The molecule has 1 saturated carbocycles. The summed E-state index contributed by atoms with van der Waals surface area (Å²) in [6.45, 7) is 4.24. The minimum absolute atomic E-state index is 0.0340. The van der Waals surface area contributed by atoms with Crippen molar-refractivity contribution < 1.29 is 28.3 Å². The standard InChI is InChI=1S/C29H33FN4O5/c1-3-31-27(37)32-22-11-12-23-20(15-22)13-14-29(23)26(36)34(28(38)39-29)17-25(35)33(24-6-4-5-18(24)2)16-19-7-9-21(30)10-8-19/h7-12,15,18,24H,3-6,13-14,16-17H2,1-2H3,(H2,31,32,37). The molecule has 5 amide bonds. The first-order valence-electron chi connectivity index (χ1n) is 13.5. The summed E-state index contributed by atoms with van der Waals surface area (Å²) in [5.74, 6) is -0.984. The Bertz CT molecular complexity index is 1300. The van der Waals surface area contributed by atoms with Crippen molar-refractivity contribution in [1.29, 1.82) is 0 Å². The van der Waals surface area contributed by atoms with Crippen LogP contribution in [0.2, 0.25) is 0 Å². The van der Waals surface area contributed by atoms with E-state index in [4.69, 9.17) is 4.74 Å². The lowest BCUT2D eigenvalue weighted by Crippen LogP contribution is -2.48. The van der Waals surface area contributed by atoms with Gasteiger partial charge in [-0.15, -0.1) is 0 Å². The van der Waals surface area contributed by atoms with E-state index in [9.17, 15) is 23.6 Å². The van der Waals surface area contributed by atoms with Gasteiger partial charge < -0.3 is 20.3 Å². The molecular formula is C29H33FN4O5. The number of halogens is 1. The smallest absolute Gasteiger partial charge is 0.418 e. The van der Waals surface area contributed by atoms with Gasteiger partial charge in [-0.2, -0.15) is 0 Å². The molecule has 0 bridgehead atoms. The molecule has 0 aromatic heterocycles. The molecule has 3 aliphatic rings. The maximum Gasteiger partial charge on any atom is 0.418 e. The van der Waals surface area contributed by atoms with Crippen LogP contribution < -0.4 is 10.6 Å². The molecule has 1 spiro atoms. The number of anilines is 1. The fourth-order valence-corrected chi connectivity index (χ4v) is 6.06. The van der Waals surface area contributed by atoms with Crippen LogP contribution in [-0.2, 0) is 32.9 Å². The summed E-state index contributed by atoms with van der Waals surface area (Å²) in [6.07, 6.45) is 2.71. The van der Waals surface area contributed by atoms with Gasteiger partial charge in [-0.05, 0) is 67.5 Å². The highest BCUT2D eigenvalue weighted by Gasteiger charge is 2.58. The van der Waals surface area contributed by atoms with Crippen LogP contribution in [0.5, 0.6) is 0 Å². The second-order valence-corrected chi connectivity index (χ2v) is 10.6. The third-order valence-corrected chi connectivity index (χ3v) is 8.05. The summed E-state index contributed by atoms with van der Waals surface area (Å²) in [5, 5.41) is 5.41. The van der Waals surface area contributed by atoms with Gasteiger partial charge in [0.15, 0.2) is 0 Å². The number of ether oxygens (including phenoxy) is 1. The molecule has 1 saturated heterocycles. The van der Waals surface area contributed by atoms with Crippen LogP contribution >= 0.6 is 0 Å². The molecule has 10 heteroatoms. The molecule has 2 aliphatic carbocycles. The molecule has 2 N–H and O–H groups in total. The quantitative estimate of drug-likeness (QED) is 0.549. The summed E-state index contributed by atoms with van der Waals surface area (Å²) in [6, 6.07) is 10.8. The van der Waals surface area contributed by atoms with Gasteiger partial charge in [-0.25, -0.2) is 18.9 Å². The maximum atomic E-state index is 13.7. The molecule has 2 aromatic rings. The largest absolute Gasteiger partial charge is 0.427 e. The second-order valence-electron chi connectivity index (χ2n) is 10.6. The average Bonchev–Trinajstić information content (AvgIpc) is 3.56. The number of carbonyl (C=O) groups excluding carboxylic acids is 4. The van der Waals surface area contributed by atoms with Gasteiger partial charge in [-0.1, -0.05) is 31.5 Å². The topological polar surface area (TPSA) is 108 Å². The highest BCUT2D eigenvalue weighted by molar-refractivity contribution is 6.06. The predicted octanol–water partition coefficient (Wildman–Crippen LogP) is 4.30. The lowest BCUT2D eigenvalue weighted by Gasteiger charge is -2.33. The summed E-state index contributed by atoms with van der Waals surface area (Å²) in [5.41, 5.74) is 1.25. The van der Waals surface area contributed by atoms with E-state index < -0.39 is 24.1 Å². The third kappa shape index (κ3) is 5.07. The van der Waals surface area contributed by atoms with E-state index in [-0.39, 0.29) is 42.7 Å². The zero-order chi connectivity index (χ0) is 27.7. The highest BCUT2D eigenvalue weighted by atomic mass is 19.1. The molecule has 5 rings (SSSR count). The van der Waals surface area contributed by atoms with Gasteiger partial charge in [0.25, 0.3) is 5.91 Å². The first-order chi connectivity index (χ1) is 18.7. The number of benzene rings is 2. The van der Waals surface area contributed by atoms with Crippen molar-refractivity contribution in [3.63, 3.8) is 0 Å². The number of aryl methyl sites for hydroxylation is 1. The molecule has 0 radical (unpaired) electrons. The number of fused-ring (bicyclic) bond motifs is 2. The van der Waals surface area contributed by atoms with Gasteiger partial charge >= 0.3 is 12.1 Å². The molecule has 1 aliphatic heterocycles. The second kappa shape index (κ2) is 10.7. The molecule has 39 heavy (non-hydrogen) atoms. The van der Waals surface area contributed by atoms with Gasteiger partial charge in [-0.3, -0.25) is 9.59 Å². The van der Waals surface area contributed by atoms with E-state index in [1.54, 1.807) is 35.2 Å². The number of hydrogen-bond donors (Lipinski definition) is 2. The number of rotatable bonds is 7. The van der Waals surface area contributed by atoms with Crippen molar-refractivity contribution in [2.45, 2.75) is 64.1 Å². The number of urea groups is 1. The first kappa shape index (κ1) is 26.6. The van der Waals surface area contributed by atoms with E-state index in [0.717, 1.165) is 35.3 Å². The Hall–Kier alpha value is -3.95. The van der Waals surface area contributed by atoms with E-state index in [0.29, 0.717) is 24.2 Å². The summed E-state index contributed by atoms with van der Waals surface area (Å²) >= 11 is 0. The number of amides is 5. The van der Waals surface area contributed by atoms with Crippen LogP contribution in [0.4, 0.5) is 19.7 Å². The van der Waals surface area contributed by atoms with Crippen LogP contribution in [0.15, 0.2) is 42.5 Å². The fraction of sp³-hybridized carbons (Fsp3) is 0.448. The van der Waals surface area contributed by atoms with Gasteiger partial charge in [0.2, 0.25) is 11.5 Å². The fourth-order valence-electron chi connectivity index (χ4n) is 6.06. The molecule has 3 atom stereocenters. The number of nitrogens with zero attached hydrogens (tertiary/aromatic N) is 2. The SMILES string of the molecule is CCNC(=O)Nc1ccc2c(c1)CCC21OC(=O)N(CC(=O)N(Cc2ccc(F)cc2)C2CCCC2C)C1=O. The van der Waals surface area contributed by atoms with Crippen LogP contribution in [-0.4, -0.2) is 52.9 Å². The van der Waals surface area contributed by atoms with E-state index in [1.807, 2.05) is 6.92 Å². The lowest BCUT2D eigenvalue weighted by molar-refractivity contribution is -0.143. The third-order valence-electron chi connectivity index (χ3n) is 8.05.